The van der Waals surface area contributed by atoms with Gasteiger partial charge in [-0.25, -0.2) is 0 Å². The third-order valence-electron chi connectivity index (χ3n) is 5.59. The molecule has 1 N–H and O–H groups in total. The Kier molecular flexibility index (Phi) is 4.66. The molecule has 0 aromatic heterocycles. The van der Waals surface area contributed by atoms with Crippen LogP contribution >= 0.6 is 0 Å². The summed E-state index contributed by atoms with van der Waals surface area (Å²) in [5.41, 5.74) is 1.94. The van der Waals surface area contributed by atoms with Crippen molar-refractivity contribution in [2.45, 2.75) is 51.1 Å². The predicted octanol–water partition coefficient (Wildman–Crippen LogP) is 1.83. The van der Waals surface area contributed by atoms with E-state index in [1.165, 1.54) is 0 Å². The highest BCUT2D eigenvalue weighted by molar-refractivity contribution is 5.95. The number of piperidine rings is 1. The van der Waals surface area contributed by atoms with E-state index in [0.29, 0.717) is 38.4 Å². The van der Waals surface area contributed by atoms with Gasteiger partial charge in [0.05, 0.1) is 5.92 Å². The summed E-state index contributed by atoms with van der Waals surface area (Å²) >= 11 is 0. The molecule has 6 nitrogen and oxygen atoms in total. The first kappa shape index (κ1) is 17.1. The second-order valence-electron chi connectivity index (χ2n) is 7.55. The zero-order valence-corrected chi connectivity index (χ0v) is 14.9. The third kappa shape index (κ3) is 3.59. The number of likely N-dealkylation sites (tertiary alicyclic amines) is 1. The first-order valence-electron chi connectivity index (χ1n) is 9.58. The van der Waals surface area contributed by atoms with E-state index in [4.69, 9.17) is 0 Å². The Labute approximate surface area is 153 Å². The van der Waals surface area contributed by atoms with Crippen LogP contribution < -0.4 is 10.2 Å². The largest absolute Gasteiger partial charge is 0.352 e. The molecule has 3 fully saturated rings. The van der Waals surface area contributed by atoms with Crippen molar-refractivity contribution in [2.75, 3.05) is 18.0 Å². The average Bonchev–Trinajstić information content (AvgIpc) is 3.41. The van der Waals surface area contributed by atoms with E-state index in [1.807, 2.05) is 34.1 Å². The Morgan fingerprint density at radius 1 is 1.04 bits per heavy atom. The van der Waals surface area contributed by atoms with Crippen LogP contribution in [0, 0.1) is 5.92 Å². The zero-order valence-electron chi connectivity index (χ0n) is 14.9. The number of carbonyl (C=O) groups excluding carboxylic acids is 3. The lowest BCUT2D eigenvalue weighted by atomic mass is 9.96. The lowest BCUT2D eigenvalue weighted by Gasteiger charge is -2.32. The highest BCUT2D eigenvalue weighted by atomic mass is 16.2. The van der Waals surface area contributed by atoms with Crippen LogP contribution in [-0.2, 0) is 20.9 Å². The molecule has 2 aliphatic heterocycles. The number of hydrogen-bond acceptors (Lipinski definition) is 3. The number of hydrogen-bond donors (Lipinski definition) is 1. The van der Waals surface area contributed by atoms with Gasteiger partial charge in [-0.1, -0.05) is 12.1 Å². The topological polar surface area (TPSA) is 69.7 Å². The monoisotopic (exact) mass is 355 g/mol. The number of anilines is 1. The van der Waals surface area contributed by atoms with Crippen LogP contribution in [0.5, 0.6) is 0 Å². The Morgan fingerprint density at radius 3 is 2.46 bits per heavy atom. The number of carbonyl (C=O) groups is 3. The predicted molar refractivity (Wildman–Crippen MR) is 97.3 cm³/mol. The molecule has 2 saturated heterocycles. The van der Waals surface area contributed by atoms with Crippen LogP contribution in [0.1, 0.15) is 44.1 Å². The molecule has 4 rings (SSSR count). The third-order valence-corrected chi connectivity index (χ3v) is 5.59. The van der Waals surface area contributed by atoms with Crippen molar-refractivity contribution < 1.29 is 14.4 Å². The molecule has 0 bridgehead atoms. The van der Waals surface area contributed by atoms with E-state index in [-0.39, 0.29) is 23.6 Å². The molecule has 3 amide bonds. The minimum Gasteiger partial charge on any atom is -0.352 e. The second kappa shape index (κ2) is 7.09. The fraction of sp³-hybridized carbons (Fsp3) is 0.550. The molecule has 1 aromatic carbocycles. The van der Waals surface area contributed by atoms with E-state index in [2.05, 4.69) is 5.32 Å². The summed E-state index contributed by atoms with van der Waals surface area (Å²) in [4.78, 5) is 39.9. The van der Waals surface area contributed by atoms with Gasteiger partial charge in [-0.3, -0.25) is 14.4 Å². The van der Waals surface area contributed by atoms with Gasteiger partial charge in [0.15, 0.2) is 0 Å². The Balaban J connectivity index is 1.30. The fourth-order valence-electron chi connectivity index (χ4n) is 3.87. The maximum absolute atomic E-state index is 12.5. The van der Waals surface area contributed by atoms with Crippen molar-refractivity contribution in [1.29, 1.82) is 0 Å². The van der Waals surface area contributed by atoms with E-state index in [9.17, 15) is 14.4 Å². The number of nitrogens with zero attached hydrogens (tertiary/aromatic N) is 2. The molecule has 0 radical (unpaired) electrons. The molecule has 2 heterocycles. The van der Waals surface area contributed by atoms with Crippen LogP contribution in [0.4, 0.5) is 5.69 Å². The summed E-state index contributed by atoms with van der Waals surface area (Å²) in [6.07, 6.45) is 4.81. The maximum atomic E-state index is 12.5. The molecule has 3 aliphatic rings. The van der Waals surface area contributed by atoms with Gasteiger partial charge in [0.25, 0.3) is 0 Å². The van der Waals surface area contributed by atoms with Crippen LogP contribution in [-0.4, -0.2) is 41.8 Å². The lowest BCUT2D eigenvalue weighted by Crippen LogP contribution is -2.46. The van der Waals surface area contributed by atoms with E-state index >= 15 is 0 Å². The molecule has 138 valence electrons. The molecular weight excluding hydrogens is 330 g/mol. The summed E-state index contributed by atoms with van der Waals surface area (Å²) in [5.74, 6) is 0.304. The number of nitrogens with one attached hydrogen (secondary N) is 1. The molecular formula is C20H25N3O3. The minimum absolute atomic E-state index is 0.0296. The Morgan fingerprint density at radius 2 is 1.81 bits per heavy atom. The summed E-state index contributed by atoms with van der Waals surface area (Å²) in [6.45, 7) is 1.82. The molecule has 0 spiro atoms. The Hall–Kier alpha value is -2.37. The van der Waals surface area contributed by atoms with Gasteiger partial charge in [0.2, 0.25) is 17.7 Å². The van der Waals surface area contributed by atoms with E-state index in [1.54, 1.807) is 0 Å². The average molecular weight is 355 g/mol. The molecule has 6 heteroatoms. The molecule has 1 aliphatic carbocycles. The quantitative estimate of drug-likeness (QED) is 0.876. The molecule has 1 aromatic rings. The SMILES string of the molecule is O=C(NCc1ccc(N2CCCC2=O)cc1)C1CCC(=O)N(C2CC2)C1. The van der Waals surface area contributed by atoms with Crippen molar-refractivity contribution in [3.8, 4) is 0 Å². The molecule has 1 unspecified atom stereocenters. The van der Waals surface area contributed by atoms with Crippen molar-refractivity contribution in [2.24, 2.45) is 5.92 Å². The number of amides is 3. The molecule has 1 saturated carbocycles. The van der Waals surface area contributed by atoms with E-state index < -0.39 is 0 Å². The summed E-state index contributed by atoms with van der Waals surface area (Å²) in [6, 6.07) is 8.18. The zero-order chi connectivity index (χ0) is 18.1. The minimum atomic E-state index is -0.102. The maximum Gasteiger partial charge on any atom is 0.227 e. The van der Waals surface area contributed by atoms with Crippen LogP contribution in [0.3, 0.4) is 0 Å². The van der Waals surface area contributed by atoms with Crippen molar-refractivity contribution in [3.05, 3.63) is 29.8 Å². The summed E-state index contributed by atoms with van der Waals surface area (Å²) in [5, 5.41) is 3.00. The highest BCUT2D eigenvalue weighted by Crippen LogP contribution is 2.31. The van der Waals surface area contributed by atoms with Gasteiger partial charge >= 0.3 is 0 Å². The van der Waals surface area contributed by atoms with Crippen molar-refractivity contribution in [1.82, 2.24) is 10.2 Å². The van der Waals surface area contributed by atoms with Gasteiger partial charge in [0.1, 0.15) is 0 Å². The molecule has 1 atom stereocenters. The van der Waals surface area contributed by atoms with Gasteiger partial charge in [-0.05, 0) is 43.4 Å². The van der Waals surface area contributed by atoms with Gasteiger partial charge in [-0.2, -0.15) is 0 Å². The Bertz CT molecular complexity index is 712. The van der Waals surface area contributed by atoms with Crippen molar-refractivity contribution >= 4 is 23.4 Å². The summed E-state index contributed by atoms with van der Waals surface area (Å²) < 4.78 is 0. The fourth-order valence-corrected chi connectivity index (χ4v) is 3.87. The van der Waals surface area contributed by atoms with Crippen molar-refractivity contribution in [3.63, 3.8) is 0 Å². The number of benzene rings is 1. The van der Waals surface area contributed by atoms with Crippen LogP contribution in [0.15, 0.2) is 24.3 Å². The molecule has 26 heavy (non-hydrogen) atoms. The van der Waals surface area contributed by atoms with Crippen LogP contribution in [0.25, 0.3) is 0 Å². The second-order valence-corrected chi connectivity index (χ2v) is 7.55. The highest BCUT2D eigenvalue weighted by Gasteiger charge is 2.38. The normalized spacial score (nSPS) is 23.5. The first-order valence-corrected chi connectivity index (χ1v) is 9.58. The van der Waals surface area contributed by atoms with E-state index in [0.717, 1.165) is 37.1 Å². The van der Waals surface area contributed by atoms with Gasteiger partial charge < -0.3 is 15.1 Å². The smallest absolute Gasteiger partial charge is 0.227 e. The standard InChI is InChI=1S/C20H25N3O3/c24-18-2-1-11-22(18)16-6-3-14(4-7-16)12-21-20(26)15-5-10-19(25)23(13-15)17-8-9-17/h3-4,6-7,15,17H,1-2,5,8-13H2,(H,21,26). The lowest BCUT2D eigenvalue weighted by molar-refractivity contribution is -0.138. The number of rotatable bonds is 5. The van der Waals surface area contributed by atoms with Crippen LogP contribution in [0.2, 0.25) is 0 Å². The first-order chi connectivity index (χ1) is 12.6. The van der Waals surface area contributed by atoms with Gasteiger partial charge in [0, 0.05) is 44.2 Å². The van der Waals surface area contributed by atoms with Gasteiger partial charge in [-0.15, -0.1) is 0 Å². The summed E-state index contributed by atoms with van der Waals surface area (Å²) in [7, 11) is 0.